The number of hydrogen-bond donors (Lipinski definition) is 2. The van der Waals surface area contributed by atoms with E-state index in [4.69, 9.17) is 9.47 Å². The number of aromatic nitrogens is 2. The monoisotopic (exact) mass is 337 g/mol. The Kier molecular flexibility index (Phi) is 4.35. The lowest BCUT2D eigenvalue weighted by atomic mass is 10.1. The number of para-hydroxylation sites is 1. The van der Waals surface area contributed by atoms with E-state index in [1.165, 1.54) is 0 Å². The summed E-state index contributed by atoms with van der Waals surface area (Å²) in [6.45, 7) is 1.34. The number of anilines is 1. The van der Waals surface area contributed by atoms with Gasteiger partial charge in [0.1, 0.15) is 12.4 Å². The van der Waals surface area contributed by atoms with Crippen LogP contribution < -0.4 is 10.1 Å². The van der Waals surface area contributed by atoms with Gasteiger partial charge in [0.15, 0.2) is 0 Å². The van der Waals surface area contributed by atoms with Crippen LogP contribution in [0.2, 0.25) is 0 Å². The van der Waals surface area contributed by atoms with Crippen molar-refractivity contribution < 1.29 is 14.3 Å². The number of ether oxygens (including phenoxy) is 2. The molecule has 128 valence electrons. The molecule has 3 aromatic rings. The van der Waals surface area contributed by atoms with Gasteiger partial charge in [-0.2, -0.15) is 5.10 Å². The van der Waals surface area contributed by atoms with Gasteiger partial charge in [-0.3, -0.25) is 9.89 Å². The fourth-order valence-electron chi connectivity index (χ4n) is 2.99. The number of nitrogens with zero attached hydrogens (tertiary/aromatic N) is 1. The summed E-state index contributed by atoms with van der Waals surface area (Å²) in [4.78, 5) is 12.6. The second-order valence-corrected chi connectivity index (χ2v) is 6.07. The molecule has 2 N–H and O–H groups in total. The Balaban J connectivity index is 1.46. The predicted molar refractivity (Wildman–Crippen MR) is 95.0 cm³/mol. The number of benzene rings is 2. The van der Waals surface area contributed by atoms with Crippen molar-refractivity contribution in [1.82, 2.24) is 10.2 Å². The highest BCUT2D eigenvalue weighted by atomic mass is 16.5. The van der Waals surface area contributed by atoms with Crippen molar-refractivity contribution in [3.63, 3.8) is 0 Å². The Labute approximate surface area is 145 Å². The second kappa shape index (κ2) is 6.94. The summed E-state index contributed by atoms with van der Waals surface area (Å²) < 4.78 is 11.3. The number of H-pyrrole nitrogens is 1. The topological polar surface area (TPSA) is 76.2 Å². The lowest BCUT2D eigenvalue weighted by Crippen LogP contribution is -2.16. The highest BCUT2D eigenvalue weighted by Crippen LogP contribution is 2.21. The van der Waals surface area contributed by atoms with E-state index in [1.54, 1.807) is 12.3 Å². The number of carbonyl (C=O) groups is 1. The zero-order chi connectivity index (χ0) is 17.1. The fourth-order valence-corrected chi connectivity index (χ4v) is 2.99. The molecule has 1 amide bonds. The van der Waals surface area contributed by atoms with Gasteiger partial charge in [-0.15, -0.1) is 0 Å². The molecule has 1 aliphatic rings. The molecule has 1 aliphatic heterocycles. The zero-order valence-corrected chi connectivity index (χ0v) is 13.7. The maximum Gasteiger partial charge on any atom is 0.257 e. The summed E-state index contributed by atoms with van der Waals surface area (Å²) >= 11 is 0. The van der Waals surface area contributed by atoms with Gasteiger partial charge in [0.2, 0.25) is 0 Å². The summed E-state index contributed by atoms with van der Waals surface area (Å²) in [6.07, 6.45) is 3.98. The van der Waals surface area contributed by atoms with Crippen LogP contribution in [-0.4, -0.2) is 35.4 Å². The first-order chi connectivity index (χ1) is 12.3. The Bertz CT molecular complexity index is 884. The van der Waals surface area contributed by atoms with Crippen molar-refractivity contribution in [2.75, 3.05) is 18.5 Å². The minimum Gasteiger partial charge on any atom is -0.491 e. The molecule has 0 saturated carbocycles. The third-order valence-electron chi connectivity index (χ3n) is 4.27. The van der Waals surface area contributed by atoms with Crippen LogP contribution in [0.25, 0.3) is 10.9 Å². The Morgan fingerprint density at radius 3 is 3.12 bits per heavy atom. The molecule has 1 saturated heterocycles. The van der Waals surface area contributed by atoms with Crippen molar-refractivity contribution in [3.8, 4) is 5.75 Å². The van der Waals surface area contributed by atoms with Gasteiger partial charge in [0.25, 0.3) is 5.91 Å². The first-order valence-corrected chi connectivity index (χ1v) is 8.37. The Morgan fingerprint density at radius 1 is 1.32 bits per heavy atom. The van der Waals surface area contributed by atoms with E-state index >= 15 is 0 Å². The molecule has 2 heterocycles. The summed E-state index contributed by atoms with van der Waals surface area (Å²) in [5, 5.41) is 10.7. The van der Waals surface area contributed by atoms with Crippen molar-refractivity contribution in [1.29, 1.82) is 0 Å². The van der Waals surface area contributed by atoms with E-state index in [2.05, 4.69) is 15.5 Å². The molecule has 4 rings (SSSR count). The van der Waals surface area contributed by atoms with E-state index in [-0.39, 0.29) is 12.0 Å². The smallest absolute Gasteiger partial charge is 0.257 e. The van der Waals surface area contributed by atoms with Crippen LogP contribution in [0.5, 0.6) is 5.75 Å². The van der Waals surface area contributed by atoms with Gasteiger partial charge in [-0.05, 0) is 31.0 Å². The third kappa shape index (κ3) is 3.49. The predicted octanol–water partition coefficient (Wildman–Crippen LogP) is 3.37. The Morgan fingerprint density at radius 2 is 2.24 bits per heavy atom. The quantitative estimate of drug-likeness (QED) is 0.748. The zero-order valence-electron chi connectivity index (χ0n) is 13.7. The number of rotatable bonds is 5. The van der Waals surface area contributed by atoms with Gasteiger partial charge in [-0.1, -0.05) is 18.2 Å². The van der Waals surface area contributed by atoms with Crippen molar-refractivity contribution >= 4 is 22.5 Å². The molecule has 6 heteroatoms. The van der Waals surface area contributed by atoms with Gasteiger partial charge in [-0.25, -0.2) is 0 Å². The molecule has 6 nitrogen and oxygen atoms in total. The Hall–Kier alpha value is -2.86. The minimum atomic E-state index is -0.189. The summed E-state index contributed by atoms with van der Waals surface area (Å²) in [5.41, 5.74) is 1.97. The van der Waals surface area contributed by atoms with Crippen LogP contribution in [0.15, 0.2) is 48.7 Å². The van der Waals surface area contributed by atoms with Gasteiger partial charge >= 0.3 is 0 Å². The number of hydrogen-bond acceptors (Lipinski definition) is 4. The number of fused-ring (bicyclic) bond motifs is 1. The molecular formula is C19H19N3O3. The third-order valence-corrected chi connectivity index (χ3v) is 4.27. The molecule has 1 fully saturated rings. The van der Waals surface area contributed by atoms with Crippen LogP contribution in [-0.2, 0) is 4.74 Å². The molecule has 1 atom stereocenters. The van der Waals surface area contributed by atoms with Crippen LogP contribution in [0, 0.1) is 0 Å². The molecule has 1 unspecified atom stereocenters. The molecule has 1 aromatic heterocycles. The highest BCUT2D eigenvalue weighted by molar-refractivity contribution is 6.11. The SMILES string of the molecule is O=C(Nc1cccc(OCC2CCCO2)c1)c1cccc2cn[nH]c12. The van der Waals surface area contributed by atoms with Crippen LogP contribution in [0.1, 0.15) is 23.2 Å². The summed E-state index contributed by atoms with van der Waals surface area (Å²) in [6, 6.07) is 12.9. The summed E-state index contributed by atoms with van der Waals surface area (Å²) in [5.74, 6) is 0.527. The lowest BCUT2D eigenvalue weighted by Gasteiger charge is -2.12. The number of carbonyl (C=O) groups excluding carboxylic acids is 1. The van der Waals surface area contributed by atoms with E-state index in [1.807, 2.05) is 36.4 Å². The van der Waals surface area contributed by atoms with Crippen LogP contribution >= 0.6 is 0 Å². The molecular weight excluding hydrogens is 318 g/mol. The molecule has 2 aromatic carbocycles. The standard InChI is InChI=1S/C19H19N3O3/c23-19(17-8-1-4-13-11-20-22-18(13)17)21-14-5-2-6-15(10-14)25-12-16-7-3-9-24-16/h1-2,4-6,8,10-11,16H,3,7,9,12H2,(H,20,22)(H,21,23). The van der Waals surface area contributed by atoms with Crippen molar-refractivity contribution in [3.05, 3.63) is 54.2 Å². The second-order valence-electron chi connectivity index (χ2n) is 6.07. The van der Waals surface area contributed by atoms with Gasteiger partial charge in [0, 0.05) is 23.7 Å². The van der Waals surface area contributed by atoms with E-state index in [0.717, 1.165) is 30.4 Å². The average molecular weight is 337 g/mol. The molecule has 0 spiro atoms. The largest absolute Gasteiger partial charge is 0.491 e. The van der Waals surface area contributed by atoms with Gasteiger partial charge < -0.3 is 14.8 Å². The number of aromatic amines is 1. The molecule has 0 radical (unpaired) electrons. The normalized spacial score (nSPS) is 16.9. The van der Waals surface area contributed by atoms with Gasteiger partial charge in [0.05, 0.1) is 23.4 Å². The van der Waals surface area contributed by atoms with E-state index < -0.39 is 0 Å². The number of amides is 1. The maximum atomic E-state index is 12.6. The summed E-state index contributed by atoms with van der Waals surface area (Å²) in [7, 11) is 0. The minimum absolute atomic E-state index is 0.163. The van der Waals surface area contributed by atoms with Crippen molar-refractivity contribution in [2.45, 2.75) is 18.9 Å². The first-order valence-electron chi connectivity index (χ1n) is 8.37. The van der Waals surface area contributed by atoms with E-state index in [0.29, 0.717) is 23.6 Å². The fraction of sp³-hybridized carbons (Fsp3) is 0.263. The average Bonchev–Trinajstić information content (AvgIpc) is 3.31. The van der Waals surface area contributed by atoms with E-state index in [9.17, 15) is 4.79 Å². The molecule has 0 bridgehead atoms. The van der Waals surface area contributed by atoms with Crippen LogP contribution in [0.4, 0.5) is 5.69 Å². The number of nitrogens with one attached hydrogen (secondary N) is 2. The highest BCUT2D eigenvalue weighted by Gasteiger charge is 2.16. The lowest BCUT2D eigenvalue weighted by molar-refractivity contribution is 0.0680. The van der Waals surface area contributed by atoms with Crippen molar-refractivity contribution in [2.24, 2.45) is 0 Å². The molecule has 0 aliphatic carbocycles. The molecule has 25 heavy (non-hydrogen) atoms. The maximum absolute atomic E-state index is 12.6. The van der Waals surface area contributed by atoms with Crippen LogP contribution in [0.3, 0.4) is 0 Å². The first kappa shape index (κ1) is 15.7.